The van der Waals surface area contributed by atoms with Gasteiger partial charge in [0.05, 0.1) is 17.8 Å². The van der Waals surface area contributed by atoms with Crippen molar-refractivity contribution in [1.29, 1.82) is 0 Å². The number of rotatable bonds is 6. The molecule has 0 aliphatic rings. The molecule has 0 spiro atoms. The van der Waals surface area contributed by atoms with Crippen LogP contribution in [-0.2, 0) is 4.79 Å². The number of nitrogens with zero attached hydrogens (tertiary/aromatic N) is 1. The lowest BCUT2D eigenvalue weighted by Gasteiger charge is -2.14. The van der Waals surface area contributed by atoms with Gasteiger partial charge in [-0.15, -0.1) is 0 Å². The molecule has 2 aromatic carbocycles. The van der Waals surface area contributed by atoms with Gasteiger partial charge in [0.2, 0.25) is 11.7 Å². The van der Waals surface area contributed by atoms with E-state index >= 15 is 0 Å². The summed E-state index contributed by atoms with van der Waals surface area (Å²) in [5.41, 5.74) is 3.33. The van der Waals surface area contributed by atoms with Gasteiger partial charge in [-0.25, -0.2) is 0 Å². The van der Waals surface area contributed by atoms with Crippen molar-refractivity contribution < 1.29 is 23.3 Å². The Kier molecular flexibility index (Phi) is 5.86. The van der Waals surface area contributed by atoms with Crippen molar-refractivity contribution in [2.24, 2.45) is 0 Å². The van der Waals surface area contributed by atoms with Gasteiger partial charge in [-0.3, -0.25) is 14.9 Å². The molecule has 0 radical (unpaired) electrons. The molecule has 1 heterocycles. The number of carbonyl (C=O) groups is 1. The second kappa shape index (κ2) is 8.36. The first-order chi connectivity index (χ1) is 14.2. The highest BCUT2D eigenvalue weighted by Gasteiger charge is 2.18. The first-order valence-corrected chi connectivity index (χ1v) is 9.30. The molecule has 0 aliphatic carbocycles. The van der Waals surface area contributed by atoms with Crippen LogP contribution < -0.4 is 10.1 Å². The maximum atomic E-state index is 13.5. The molecule has 0 saturated carbocycles. The lowest BCUT2D eigenvalue weighted by Crippen LogP contribution is -2.09. The fourth-order valence-electron chi connectivity index (χ4n) is 3.24. The van der Waals surface area contributed by atoms with Crippen molar-refractivity contribution >= 4 is 33.8 Å². The van der Waals surface area contributed by atoms with E-state index in [0.29, 0.717) is 17.9 Å². The molecular weight excluding hydrogens is 391 g/mol. The van der Waals surface area contributed by atoms with Crippen LogP contribution in [0.2, 0.25) is 0 Å². The van der Waals surface area contributed by atoms with Crippen molar-refractivity contribution in [3.8, 4) is 5.75 Å². The predicted octanol–water partition coefficient (Wildman–Crippen LogP) is 5.54. The number of nitro benzene ring substituents is 1. The summed E-state index contributed by atoms with van der Waals surface area (Å²) >= 11 is 0. The number of allylic oxidation sites excluding steroid dienone is 1. The molecule has 0 fully saturated rings. The number of hydrogen-bond acceptors (Lipinski definition) is 5. The molecule has 1 aromatic heterocycles. The van der Waals surface area contributed by atoms with Crippen molar-refractivity contribution in [2.45, 2.75) is 27.7 Å². The first-order valence-electron chi connectivity index (χ1n) is 9.30. The Bertz CT molecular complexity index is 1180. The van der Waals surface area contributed by atoms with E-state index < -0.39 is 22.3 Å². The Balaban J connectivity index is 1.96. The minimum absolute atomic E-state index is 0.125. The van der Waals surface area contributed by atoms with Gasteiger partial charge in [0.1, 0.15) is 11.3 Å². The Morgan fingerprint density at radius 1 is 1.33 bits per heavy atom. The zero-order valence-electron chi connectivity index (χ0n) is 17.0. The topological polar surface area (TPSA) is 94.6 Å². The highest BCUT2D eigenvalue weighted by molar-refractivity contribution is 6.05. The van der Waals surface area contributed by atoms with Gasteiger partial charge < -0.3 is 14.5 Å². The van der Waals surface area contributed by atoms with Crippen molar-refractivity contribution in [2.75, 3.05) is 11.9 Å². The van der Waals surface area contributed by atoms with Crippen LogP contribution in [0.3, 0.4) is 0 Å². The van der Waals surface area contributed by atoms with E-state index in [0.717, 1.165) is 39.8 Å². The lowest BCUT2D eigenvalue weighted by molar-refractivity contribution is -0.387. The summed E-state index contributed by atoms with van der Waals surface area (Å²) < 4.78 is 24.9. The van der Waals surface area contributed by atoms with Gasteiger partial charge in [-0.05, 0) is 57.0 Å². The van der Waals surface area contributed by atoms with Crippen molar-refractivity contribution in [3.05, 3.63) is 69.2 Å². The lowest BCUT2D eigenvalue weighted by atomic mass is 9.98. The van der Waals surface area contributed by atoms with Crippen molar-refractivity contribution in [1.82, 2.24) is 0 Å². The predicted molar refractivity (Wildman–Crippen MR) is 112 cm³/mol. The zero-order valence-corrected chi connectivity index (χ0v) is 17.0. The fraction of sp³-hybridized carbons (Fsp3) is 0.227. The highest BCUT2D eigenvalue weighted by atomic mass is 19.1. The molecule has 3 rings (SSSR count). The number of fused-ring (bicyclic) bond motifs is 1. The summed E-state index contributed by atoms with van der Waals surface area (Å²) in [4.78, 5) is 22.5. The molecule has 8 heteroatoms. The number of furan rings is 1. The molecule has 30 heavy (non-hydrogen) atoms. The number of ether oxygens (including phenoxy) is 1. The van der Waals surface area contributed by atoms with Crippen LogP contribution in [0.4, 0.5) is 15.8 Å². The molecule has 0 saturated heterocycles. The van der Waals surface area contributed by atoms with Crippen LogP contribution in [0.1, 0.15) is 30.5 Å². The third kappa shape index (κ3) is 4.03. The SMILES string of the molecule is CCOc1c(/C(C)=C/C(=O)Nc2ccc(F)c([N+](=O)[O-])c2)cc2c(C)coc2c1C. The van der Waals surface area contributed by atoms with E-state index in [1.807, 2.05) is 26.8 Å². The van der Waals surface area contributed by atoms with E-state index in [-0.39, 0.29) is 5.69 Å². The molecule has 0 unspecified atom stereocenters. The molecule has 156 valence electrons. The normalized spacial score (nSPS) is 11.6. The number of carbonyl (C=O) groups excluding carboxylic acids is 1. The van der Waals surface area contributed by atoms with E-state index in [1.165, 1.54) is 12.1 Å². The summed E-state index contributed by atoms with van der Waals surface area (Å²) in [6, 6.07) is 5.09. The molecule has 7 nitrogen and oxygen atoms in total. The summed E-state index contributed by atoms with van der Waals surface area (Å²) in [6.07, 6.45) is 3.04. The van der Waals surface area contributed by atoms with Crippen LogP contribution in [0, 0.1) is 29.8 Å². The van der Waals surface area contributed by atoms with Crippen LogP contribution >= 0.6 is 0 Å². The summed E-state index contributed by atoms with van der Waals surface area (Å²) in [6.45, 7) is 7.91. The Hall–Kier alpha value is -3.68. The first kappa shape index (κ1) is 21.0. The number of hydrogen-bond donors (Lipinski definition) is 1. The van der Waals surface area contributed by atoms with Gasteiger partial charge in [-0.2, -0.15) is 4.39 Å². The quantitative estimate of drug-likeness (QED) is 0.326. The Morgan fingerprint density at radius 3 is 2.73 bits per heavy atom. The smallest absolute Gasteiger partial charge is 0.306 e. The number of nitro groups is 1. The van der Waals surface area contributed by atoms with Crippen LogP contribution in [0.5, 0.6) is 5.75 Å². The molecule has 3 aromatic rings. The largest absolute Gasteiger partial charge is 0.493 e. The summed E-state index contributed by atoms with van der Waals surface area (Å²) in [7, 11) is 0. The zero-order chi connectivity index (χ0) is 22.0. The standard InChI is InChI=1S/C22H21FN2O5/c1-5-29-21-14(4)22-17(13(3)11-30-22)10-16(21)12(2)8-20(26)24-15-6-7-18(23)19(9-15)25(27)28/h6-11H,5H2,1-4H3,(H,24,26)/b12-8+. The summed E-state index contributed by atoms with van der Waals surface area (Å²) in [5.74, 6) is -0.846. The van der Waals surface area contributed by atoms with Crippen LogP contribution in [0.15, 0.2) is 41.0 Å². The second-order valence-corrected chi connectivity index (χ2v) is 6.85. The number of aryl methyl sites for hydroxylation is 2. The molecule has 1 N–H and O–H groups in total. The highest BCUT2D eigenvalue weighted by Crippen LogP contribution is 2.37. The molecule has 0 atom stereocenters. The van der Waals surface area contributed by atoms with E-state index in [9.17, 15) is 19.3 Å². The van der Waals surface area contributed by atoms with Gasteiger partial charge >= 0.3 is 5.69 Å². The monoisotopic (exact) mass is 412 g/mol. The molecule has 0 bridgehead atoms. The average molecular weight is 412 g/mol. The minimum atomic E-state index is -0.967. The molecule has 1 amide bonds. The number of anilines is 1. The van der Waals surface area contributed by atoms with Gasteiger partial charge in [0.25, 0.3) is 0 Å². The Morgan fingerprint density at radius 2 is 2.07 bits per heavy atom. The van der Waals surface area contributed by atoms with E-state index in [4.69, 9.17) is 9.15 Å². The van der Waals surface area contributed by atoms with Crippen LogP contribution in [0.25, 0.3) is 16.5 Å². The van der Waals surface area contributed by atoms with Gasteiger partial charge in [0.15, 0.2) is 0 Å². The average Bonchev–Trinajstić information content (AvgIpc) is 3.06. The molecule has 0 aliphatic heterocycles. The van der Waals surface area contributed by atoms with Gasteiger partial charge in [-0.1, -0.05) is 0 Å². The van der Waals surface area contributed by atoms with E-state index in [1.54, 1.807) is 13.2 Å². The third-order valence-corrected chi connectivity index (χ3v) is 4.71. The Labute approximate surface area is 172 Å². The third-order valence-electron chi connectivity index (χ3n) is 4.71. The second-order valence-electron chi connectivity index (χ2n) is 6.85. The number of benzene rings is 2. The maximum absolute atomic E-state index is 13.5. The number of nitrogens with one attached hydrogen (secondary N) is 1. The van der Waals surface area contributed by atoms with E-state index in [2.05, 4.69) is 5.32 Å². The minimum Gasteiger partial charge on any atom is -0.493 e. The molecular formula is C22H21FN2O5. The van der Waals surface area contributed by atoms with Gasteiger partial charge in [0, 0.05) is 34.3 Å². The van der Waals surface area contributed by atoms with Crippen LogP contribution in [-0.4, -0.2) is 17.4 Å². The fourth-order valence-corrected chi connectivity index (χ4v) is 3.24. The number of amides is 1. The maximum Gasteiger partial charge on any atom is 0.306 e. The number of halogens is 1. The van der Waals surface area contributed by atoms with Crippen molar-refractivity contribution in [3.63, 3.8) is 0 Å². The summed E-state index contributed by atoms with van der Waals surface area (Å²) in [5, 5.41) is 14.3.